The van der Waals surface area contributed by atoms with Gasteiger partial charge in [0.2, 0.25) is 0 Å². The molecule has 0 fully saturated rings. The third-order valence-corrected chi connectivity index (χ3v) is 1.87. The van der Waals surface area contributed by atoms with Gasteiger partial charge in [-0.1, -0.05) is 0 Å². The second kappa shape index (κ2) is 8.04. The standard InChI is InChI=1S/C2H7O4P.CH5O3P/c1-5-7(3,4)6-2;1-4-5(2)3/h1-2H3,(H,3,4);2-3H,1H3. The van der Waals surface area contributed by atoms with Crippen LogP contribution < -0.4 is 0 Å². The molecule has 0 saturated carbocycles. The molecule has 0 aromatic carbocycles. The molecule has 0 saturated heterocycles. The Balaban J connectivity index is 0. The molecule has 0 radical (unpaired) electrons. The summed E-state index contributed by atoms with van der Waals surface area (Å²) in [5.74, 6) is 0. The molecule has 0 bridgehead atoms. The van der Waals surface area contributed by atoms with Gasteiger partial charge < -0.3 is 19.2 Å². The molecule has 0 heterocycles. The summed E-state index contributed by atoms with van der Waals surface area (Å²) >= 11 is 0. The Hall–Kier alpha value is 0.420. The maximum atomic E-state index is 10.1. The monoisotopic (exact) mass is 222 g/mol. The van der Waals surface area contributed by atoms with Crippen molar-refractivity contribution in [3.05, 3.63) is 0 Å². The van der Waals surface area contributed by atoms with Crippen molar-refractivity contribution in [2.45, 2.75) is 0 Å². The lowest BCUT2D eigenvalue weighted by molar-refractivity contribution is 0.204. The van der Waals surface area contributed by atoms with Gasteiger partial charge in [-0.15, -0.1) is 0 Å². The molecule has 0 unspecified atom stereocenters. The van der Waals surface area contributed by atoms with Crippen LogP contribution in [0.5, 0.6) is 0 Å². The minimum atomic E-state index is -3.65. The van der Waals surface area contributed by atoms with Crippen LogP contribution in [0.4, 0.5) is 0 Å². The van der Waals surface area contributed by atoms with Gasteiger partial charge in [0.25, 0.3) is 0 Å². The number of phosphoric ester groups is 1. The molecule has 0 aromatic rings. The molecule has 0 aliphatic heterocycles. The van der Waals surface area contributed by atoms with Crippen LogP contribution in [0.3, 0.4) is 0 Å². The van der Waals surface area contributed by atoms with E-state index < -0.39 is 16.4 Å². The first kappa shape index (κ1) is 14.9. The van der Waals surface area contributed by atoms with Gasteiger partial charge in [0.1, 0.15) is 0 Å². The molecule has 7 nitrogen and oxygen atoms in total. The van der Waals surface area contributed by atoms with Gasteiger partial charge in [0.05, 0.1) is 0 Å². The molecule has 0 amide bonds. The zero-order chi connectivity index (χ0) is 10.2. The Labute approximate surface area is 71.5 Å². The van der Waals surface area contributed by atoms with Gasteiger partial charge in [0, 0.05) is 21.3 Å². The minimum Gasteiger partial charge on any atom is -0.328 e. The molecule has 0 aliphatic carbocycles. The molecule has 0 atom stereocenters. The largest absolute Gasteiger partial charge is 0.471 e. The van der Waals surface area contributed by atoms with Gasteiger partial charge in [0.15, 0.2) is 0 Å². The fraction of sp³-hybridized carbons (Fsp3) is 1.00. The Morgan fingerprint density at radius 3 is 1.42 bits per heavy atom. The lowest BCUT2D eigenvalue weighted by Crippen LogP contribution is -1.83. The highest BCUT2D eigenvalue weighted by Crippen LogP contribution is 2.40. The van der Waals surface area contributed by atoms with Crippen LogP contribution in [0.2, 0.25) is 0 Å². The summed E-state index contributed by atoms with van der Waals surface area (Å²) in [4.78, 5) is 23.8. The highest BCUT2D eigenvalue weighted by Gasteiger charge is 2.13. The molecular formula is C3H12O7P2. The van der Waals surface area contributed by atoms with Crippen molar-refractivity contribution in [3.8, 4) is 0 Å². The molecule has 76 valence electrons. The van der Waals surface area contributed by atoms with E-state index >= 15 is 0 Å². The van der Waals surface area contributed by atoms with E-state index in [-0.39, 0.29) is 0 Å². The average molecular weight is 222 g/mol. The first-order chi connectivity index (χ1) is 5.39. The van der Waals surface area contributed by atoms with Crippen LogP contribution in [0.1, 0.15) is 0 Å². The van der Waals surface area contributed by atoms with Crippen LogP contribution >= 0.6 is 16.4 Å². The second-order valence-electron chi connectivity index (χ2n) is 1.27. The van der Waals surface area contributed by atoms with E-state index in [0.29, 0.717) is 0 Å². The van der Waals surface area contributed by atoms with E-state index in [1.54, 1.807) is 0 Å². The summed E-state index contributed by atoms with van der Waals surface area (Å²) < 4.78 is 21.9. The van der Waals surface area contributed by atoms with Crippen molar-refractivity contribution >= 4 is 16.4 Å². The van der Waals surface area contributed by atoms with Crippen molar-refractivity contribution in [2.24, 2.45) is 0 Å². The zero-order valence-corrected chi connectivity index (χ0v) is 8.66. The summed E-state index contributed by atoms with van der Waals surface area (Å²) in [5, 5.41) is 0. The smallest absolute Gasteiger partial charge is 0.328 e. The van der Waals surface area contributed by atoms with Crippen molar-refractivity contribution in [3.63, 3.8) is 0 Å². The number of hydrogen-bond acceptors (Lipinski definition) is 6. The minimum absolute atomic E-state index is 1.10. The lowest BCUT2D eigenvalue weighted by Gasteiger charge is -2.01. The van der Waals surface area contributed by atoms with Gasteiger partial charge >= 0.3 is 16.4 Å². The Morgan fingerprint density at radius 2 is 1.42 bits per heavy atom. The fourth-order valence-electron chi connectivity index (χ4n) is 0.0745. The van der Waals surface area contributed by atoms with Crippen molar-refractivity contribution in [1.29, 1.82) is 0 Å². The van der Waals surface area contributed by atoms with Crippen LogP contribution in [0.25, 0.3) is 0 Å². The molecule has 0 aliphatic rings. The summed E-state index contributed by atoms with van der Waals surface area (Å²) in [7, 11) is -2.32. The van der Waals surface area contributed by atoms with Crippen LogP contribution in [-0.2, 0) is 18.1 Å². The fourth-order valence-corrected chi connectivity index (χ4v) is 0.224. The highest BCUT2D eigenvalue weighted by molar-refractivity contribution is 7.47. The van der Waals surface area contributed by atoms with Crippen molar-refractivity contribution in [2.75, 3.05) is 21.3 Å². The normalized spacial score (nSPS) is 10.9. The van der Waals surface area contributed by atoms with Gasteiger partial charge in [-0.2, -0.15) is 0 Å². The maximum Gasteiger partial charge on any atom is 0.471 e. The summed E-state index contributed by atoms with van der Waals surface area (Å²) in [5.41, 5.74) is 0. The van der Waals surface area contributed by atoms with E-state index in [2.05, 4.69) is 13.6 Å². The number of rotatable bonds is 3. The topological polar surface area (TPSA) is 105 Å². The predicted octanol–water partition coefficient (Wildman–Crippen LogP) is 0.224. The first-order valence-corrected chi connectivity index (χ1v) is 5.22. The second-order valence-corrected chi connectivity index (χ2v) is 3.81. The third-order valence-electron chi connectivity index (χ3n) is 0.625. The van der Waals surface area contributed by atoms with Crippen LogP contribution in [0, 0.1) is 0 Å². The van der Waals surface area contributed by atoms with E-state index in [1.807, 2.05) is 0 Å². The van der Waals surface area contributed by atoms with Crippen molar-refractivity contribution < 1.29 is 32.8 Å². The number of hydrogen-bond donors (Lipinski definition) is 3. The Kier molecular flexibility index (Phi) is 9.99. The molecule has 3 N–H and O–H groups in total. The quantitative estimate of drug-likeness (QED) is 0.586. The molecule has 0 rings (SSSR count). The summed E-state index contributed by atoms with van der Waals surface area (Å²) in [6, 6.07) is 0. The van der Waals surface area contributed by atoms with E-state index in [9.17, 15) is 4.57 Å². The third kappa shape index (κ3) is 13.0. The first-order valence-electron chi connectivity index (χ1n) is 2.56. The Morgan fingerprint density at radius 1 is 1.17 bits per heavy atom. The number of phosphoric acid groups is 1. The SMILES string of the molecule is COP(=O)(O)OC.COP(O)O. The molecule has 0 spiro atoms. The van der Waals surface area contributed by atoms with Gasteiger partial charge in [-0.25, -0.2) is 4.57 Å². The van der Waals surface area contributed by atoms with E-state index in [4.69, 9.17) is 14.7 Å². The van der Waals surface area contributed by atoms with Crippen molar-refractivity contribution in [1.82, 2.24) is 0 Å². The van der Waals surface area contributed by atoms with Crippen LogP contribution in [0.15, 0.2) is 0 Å². The summed E-state index contributed by atoms with van der Waals surface area (Å²) in [6.07, 6.45) is 0. The zero-order valence-electron chi connectivity index (χ0n) is 6.87. The van der Waals surface area contributed by atoms with E-state index in [1.165, 1.54) is 7.11 Å². The highest BCUT2D eigenvalue weighted by atomic mass is 31.2. The molecule has 12 heavy (non-hydrogen) atoms. The van der Waals surface area contributed by atoms with Gasteiger partial charge in [-0.3, -0.25) is 9.05 Å². The predicted molar refractivity (Wildman–Crippen MR) is 42.2 cm³/mol. The maximum absolute atomic E-state index is 10.1. The molecular weight excluding hydrogens is 210 g/mol. The summed E-state index contributed by atoms with van der Waals surface area (Å²) in [6.45, 7) is 0. The average Bonchev–Trinajstić information content (AvgIpc) is 2.05. The van der Waals surface area contributed by atoms with Gasteiger partial charge in [-0.05, 0) is 0 Å². The Bertz CT molecular complexity index is 129. The molecule has 0 aromatic heterocycles. The van der Waals surface area contributed by atoms with E-state index in [0.717, 1.165) is 14.2 Å². The van der Waals surface area contributed by atoms with Crippen LogP contribution in [-0.4, -0.2) is 36.0 Å². The lowest BCUT2D eigenvalue weighted by atomic mass is 11.8. The molecule has 9 heteroatoms.